The quantitative estimate of drug-likeness (QED) is 0.702. The Hall–Kier alpha value is -2.63. The smallest absolute Gasteiger partial charge is 0.248 e. The molecule has 3 heterocycles. The molecule has 1 fully saturated rings. The van der Waals surface area contributed by atoms with Crippen molar-refractivity contribution in [3.05, 3.63) is 35.2 Å². The Bertz CT molecular complexity index is 1020. The third kappa shape index (κ3) is 4.13. The number of piperazine rings is 1. The molecule has 1 N–H and O–H groups in total. The largest absolute Gasteiger partial charge is 0.454 e. The van der Waals surface area contributed by atoms with Crippen molar-refractivity contribution >= 4 is 15.9 Å². The summed E-state index contributed by atoms with van der Waals surface area (Å²) in [6, 6.07) is 5.55. The molecule has 1 aromatic heterocycles. The van der Waals surface area contributed by atoms with Crippen LogP contribution in [0.2, 0.25) is 0 Å². The average Bonchev–Trinajstić information content (AvgIpc) is 3.32. The Morgan fingerprint density at radius 1 is 1.13 bits per heavy atom. The summed E-state index contributed by atoms with van der Waals surface area (Å²) in [6.45, 7) is 5.57. The van der Waals surface area contributed by atoms with Gasteiger partial charge in [0.25, 0.3) is 0 Å². The van der Waals surface area contributed by atoms with Crippen LogP contribution in [0.15, 0.2) is 27.6 Å². The fraction of sp³-hybridized carbons (Fsp3) is 0.474. The highest BCUT2D eigenvalue weighted by Crippen LogP contribution is 2.32. The van der Waals surface area contributed by atoms with Crippen LogP contribution in [-0.2, 0) is 21.4 Å². The summed E-state index contributed by atoms with van der Waals surface area (Å²) < 4.78 is 42.8. The van der Waals surface area contributed by atoms with Crippen LogP contribution in [0, 0.1) is 13.8 Å². The van der Waals surface area contributed by atoms with Crippen molar-refractivity contribution in [3.63, 3.8) is 0 Å². The minimum Gasteiger partial charge on any atom is -0.454 e. The van der Waals surface area contributed by atoms with E-state index in [2.05, 4.69) is 10.5 Å². The van der Waals surface area contributed by atoms with Crippen molar-refractivity contribution in [1.29, 1.82) is 0 Å². The molecule has 162 valence electrons. The molecule has 4 rings (SSSR count). The van der Waals surface area contributed by atoms with E-state index in [9.17, 15) is 13.2 Å². The minimum absolute atomic E-state index is 0.116. The lowest BCUT2D eigenvalue weighted by Crippen LogP contribution is -2.51. The molecule has 2 aromatic rings. The number of hydrogen-bond acceptors (Lipinski definition) is 8. The number of aryl methyl sites for hydroxylation is 2. The van der Waals surface area contributed by atoms with Crippen LogP contribution in [-0.4, -0.2) is 68.2 Å². The van der Waals surface area contributed by atoms with Crippen LogP contribution in [0.5, 0.6) is 11.5 Å². The maximum Gasteiger partial charge on any atom is 0.248 e. The number of ether oxygens (including phenoxy) is 2. The van der Waals surface area contributed by atoms with Gasteiger partial charge < -0.3 is 19.3 Å². The Morgan fingerprint density at radius 3 is 2.57 bits per heavy atom. The number of nitrogens with one attached hydrogen (secondary N) is 1. The number of aromatic nitrogens is 1. The van der Waals surface area contributed by atoms with Crippen LogP contribution in [0.1, 0.15) is 17.0 Å². The molecule has 0 bridgehead atoms. The SMILES string of the molecule is Cc1noc(C)c1S(=O)(=O)N1CCN(CC(=O)NCc2ccc3c(c2)OCO3)CC1. The number of rotatable bonds is 6. The monoisotopic (exact) mass is 436 g/mol. The molecule has 0 radical (unpaired) electrons. The Kier molecular flexibility index (Phi) is 5.67. The molecule has 1 amide bonds. The fourth-order valence-corrected chi connectivity index (χ4v) is 5.32. The fourth-order valence-electron chi connectivity index (χ4n) is 3.61. The lowest BCUT2D eigenvalue weighted by atomic mass is 10.2. The van der Waals surface area contributed by atoms with Gasteiger partial charge >= 0.3 is 0 Å². The van der Waals surface area contributed by atoms with E-state index in [-0.39, 0.29) is 29.9 Å². The second-order valence-electron chi connectivity index (χ2n) is 7.30. The molecule has 0 saturated carbocycles. The first-order valence-corrected chi connectivity index (χ1v) is 11.1. The zero-order chi connectivity index (χ0) is 21.3. The van der Waals surface area contributed by atoms with Gasteiger partial charge in [-0.15, -0.1) is 0 Å². The van der Waals surface area contributed by atoms with Gasteiger partial charge in [-0.1, -0.05) is 11.2 Å². The molecule has 0 aliphatic carbocycles. The molecule has 0 atom stereocenters. The highest BCUT2D eigenvalue weighted by Gasteiger charge is 2.33. The first kappa shape index (κ1) is 20.6. The van der Waals surface area contributed by atoms with Gasteiger partial charge in [0.05, 0.1) is 6.54 Å². The molecule has 2 aliphatic rings. The summed E-state index contributed by atoms with van der Waals surface area (Å²) in [4.78, 5) is 14.4. The van der Waals surface area contributed by atoms with Gasteiger partial charge in [0.1, 0.15) is 10.6 Å². The second kappa shape index (κ2) is 8.25. The standard InChI is InChI=1S/C19H24N4O6S/c1-13-19(14(2)29-21-13)30(25,26)23-7-5-22(6-8-23)11-18(24)20-10-15-3-4-16-17(9-15)28-12-27-16/h3-4,9H,5-8,10-12H2,1-2H3,(H,20,24). The van der Waals surface area contributed by atoms with E-state index in [1.807, 2.05) is 23.1 Å². The van der Waals surface area contributed by atoms with Crippen molar-refractivity contribution < 1.29 is 27.2 Å². The van der Waals surface area contributed by atoms with Gasteiger partial charge in [0, 0.05) is 32.7 Å². The maximum atomic E-state index is 12.9. The van der Waals surface area contributed by atoms with Gasteiger partial charge in [-0.25, -0.2) is 8.42 Å². The molecule has 10 nitrogen and oxygen atoms in total. The van der Waals surface area contributed by atoms with E-state index in [1.165, 1.54) is 4.31 Å². The van der Waals surface area contributed by atoms with E-state index in [0.717, 1.165) is 5.56 Å². The summed E-state index contributed by atoms with van der Waals surface area (Å²) >= 11 is 0. The second-order valence-corrected chi connectivity index (χ2v) is 9.17. The lowest BCUT2D eigenvalue weighted by molar-refractivity contribution is -0.122. The van der Waals surface area contributed by atoms with Crippen LogP contribution in [0.25, 0.3) is 0 Å². The van der Waals surface area contributed by atoms with Crippen LogP contribution in [0.3, 0.4) is 0 Å². The molecule has 11 heteroatoms. The lowest BCUT2D eigenvalue weighted by Gasteiger charge is -2.33. The number of hydrogen-bond donors (Lipinski definition) is 1. The molecule has 1 saturated heterocycles. The van der Waals surface area contributed by atoms with E-state index >= 15 is 0 Å². The van der Waals surface area contributed by atoms with Crippen molar-refractivity contribution in [3.8, 4) is 11.5 Å². The van der Waals surface area contributed by atoms with E-state index in [4.69, 9.17) is 14.0 Å². The van der Waals surface area contributed by atoms with Crippen molar-refractivity contribution in [2.45, 2.75) is 25.3 Å². The van der Waals surface area contributed by atoms with Crippen LogP contribution < -0.4 is 14.8 Å². The summed E-state index contributed by atoms with van der Waals surface area (Å²) in [7, 11) is -3.66. The Morgan fingerprint density at radius 2 is 1.87 bits per heavy atom. The zero-order valence-electron chi connectivity index (χ0n) is 16.9. The average molecular weight is 436 g/mol. The molecule has 30 heavy (non-hydrogen) atoms. The first-order chi connectivity index (χ1) is 14.3. The highest BCUT2D eigenvalue weighted by atomic mass is 32.2. The normalized spacial score (nSPS) is 17.3. The third-order valence-electron chi connectivity index (χ3n) is 5.19. The minimum atomic E-state index is -3.66. The number of fused-ring (bicyclic) bond motifs is 1. The van der Waals surface area contributed by atoms with Gasteiger partial charge in [0.15, 0.2) is 17.3 Å². The Balaban J connectivity index is 1.27. The molecular weight excluding hydrogens is 412 g/mol. The van der Waals surface area contributed by atoms with Crippen molar-refractivity contribution in [2.24, 2.45) is 0 Å². The number of amides is 1. The molecule has 0 spiro atoms. The number of benzene rings is 1. The van der Waals surface area contributed by atoms with Gasteiger partial charge in [0.2, 0.25) is 22.7 Å². The molecule has 2 aliphatic heterocycles. The van der Waals surface area contributed by atoms with Crippen LogP contribution >= 0.6 is 0 Å². The molecule has 1 aromatic carbocycles. The first-order valence-electron chi connectivity index (χ1n) is 9.65. The maximum absolute atomic E-state index is 12.9. The predicted molar refractivity (Wildman–Crippen MR) is 106 cm³/mol. The van der Waals surface area contributed by atoms with Gasteiger partial charge in [-0.3, -0.25) is 9.69 Å². The highest BCUT2D eigenvalue weighted by molar-refractivity contribution is 7.89. The third-order valence-corrected chi connectivity index (χ3v) is 7.33. The zero-order valence-corrected chi connectivity index (χ0v) is 17.7. The number of sulfonamides is 1. The predicted octanol–water partition coefficient (Wildman–Crippen LogP) is 0.643. The number of carbonyl (C=O) groups is 1. The molecule has 0 unspecified atom stereocenters. The van der Waals surface area contributed by atoms with Crippen molar-refractivity contribution in [2.75, 3.05) is 39.5 Å². The van der Waals surface area contributed by atoms with Gasteiger partial charge in [-0.2, -0.15) is 4.31 Å². The number of nitrogens with zero attached hydrogens (tertiary/aromatic N) is 3. The van der Waals surface area contributed by atoms with Crippen LogP contribution in [0.4, 0.5) is 0 Å². The Labute approximate surface area is 174 Å². The number of carbonyl (C=O) groups excluding carboxylic acids is 1. The summed E-state index contributed by atoms with van der Waals surface area (Å²) in [5, 5.41) is 6.62. The van der Waals surface area contributed by atoms with E-state index < -0.39 is 10.0 Å². The summed E-state index contributed by atoms with van der Waals surface area (Å²) in [6.07, 6.45) is 0. The summed E-state index contributed by atoms with van der Waals surface area (Å²) in [5.41, 5.74) is 1.28. The van der Waals surface area contributed by atoms with Crippen molar-refractivity contribution in [1.82, 2.24) is 19.7 Å². The summed E-state index contributed by atoms with van der Waals surface area (Å²) in [5.74, 6) is 1.55. The molecular formula is C19H24N4O6S. The van der Waals surface area contributed by atoms with E-state index in [0.29, 0.717) is 49.9 Å². The van der Waals surface area contributed by atoms with E-state index in [1.54, 1.807) is 13.8 Å². The topological polar surface area (TPSA) is 114 Å². The van der Waals surface area contributed by atoms with Gasteiger partial charge in [-0.05, 0) is 31.5 Å².